The lowest BCUT2D eigenvalue weighted by molar-refractivity contribution is -0.141. The Bertz CT molecular complexity index is 1080. The molecule has 3 aromatic rings. The van der Waals surface area contributed by atoms with E-state index in [1.54, 1.807) is 29.1 Å². The van der Waals surface area contributed by atoms with Gasteiger partial charge in [0.2, 0.25) is 0 Å². The molecule has 2 aromatic heterocycles. The smallest absolute Gasteiger partial charge is 0.321 e. The molecule has 156 valence electrons. The molecule has 0 atom stereocenters. The molecule has 0 saturated heterocycles. The van der Waals surface area contributed by atoms with Crippen LogP contribution in [0.25, 0.3) is 0 Å². The van der Waals surface area contributed by atoms with E-state index in [0.717, 1.165) is 29.6 Å². The summed E-state index contributed by atoms with van der Waals surface area (Å²) in [6.07, 6.45) is -1.34. The second-order valence-electron chi connectivity index (χ2n) is 7.11. The van der Waals surface area contributed by atoms with Crippen LogP contribution in [0.15, 0.2) is 47.9 Å². The van der Waals surface area contributed by atoms with Gasteiger partial charge in [-0.3, -0.25) is 4.79 Å². The fraction of sp³-hybridized carbons (Fsp3) is 0.300. The molecule has 1 N–H and O–H groups in total. The zero-order valence-electron chi connectivity index (χ0n) is 16.0. The van der Waals surface area contributed by atoms with E-state index in [2.05, 4.69) is 20.5 Å². The highest BCUT2D eigenvalue weighted by atomic mass is 32.2. The number of rotatable bonds is 6. The molecule has 4 rings (SSSR count). The Morgan fingerprint density at radius 1 is 1.27 bits per heavy atom. The SMILES string of the molecule is Cn1cnnc1SCc1cccc(NC(=O)c2cc(C3CC3)cc(C(F)(F)F)n2)c1. The minimum Gasteiger partial charge on any atom is -0.321 e. The maximum Gasteiger partial charge on any atom is 0.433 e. The van der Waals surface area contributed by atoms with Gasteiger partial charge in [-0.2, -0.15) is 13.2 Å². The van der Waals surface area contributed by atoms with Crippen molar-refractivity contribution in [2.75, 3.05) is 5.32 Å². The molecule has 1 aromatic carbocycles. The molecular weight excluding hydrogens is 415 g/mol. The van der Waals surface area contributed by atoms with Crippen LogP contribution >= 0.6 is 11.8 Å². The predicted molar refractivity (Wildman–Crippen MR) is 106 cm³/mol. The van der Waals surface area contributed by atoms with E-state index in [1.807, 2.05) is 13.1 Å². The van der Waals surface area contributed by atoms with Crippen molar-refractivity contribution >= 4 is 23.4 Å². The Hall–Kier alpha value is -2.88. The first-order valence-electron chi connectivity index (χ1n) is 9.26. The number of aryl methyl sites for hydroxylation is 1. The van der Waals surface area contributed by atoms with Crippen LogP contribution in [0.3, 0.4) is 0 Å². The number of halogens is 3. The molecule has 10 heteroatoms. The second-order valence-corrected chi connectivity index (χ2v) is 8.05. The van der Waals surface area contributed by atoms with Crippen molar-refractivity contribution in [1.82, 2.24) is 19.7 Å². The number of nitrogens with one attached hydrogen (secondary N) is 1. The van der Waals surface area contributed by atoms with E-state index >= 15 is 0 Å². The van der Waals surface area contributed by atoms with Gasteiger partial charge in [0.1, 0.15) is 17.7 Å². The van der Waals surface area contributed by atoms with E-state index in [0.29, 0.717) is 17.0 Å². The van der Waals surface area contributed by atoms with Crippen LogP contribution in [0.4, 0.5) is 18.9 Å². The van der Waals surface area contributed by atoms with Gasteiger partial charge >= 0.3 is 6.18 Å². The summed E-state index contributed by atoms with van der Waals surface area (Å²) in [4.78, 5) is 16.2. The van der Waals surface area contributed by atoms with Crippen molar-refractivity contribution in [3.63, 3.8) is 0 Å². The van der Waals surface area contributed by atoms with Crippen molar-refractivity contribution in [3.8, 4) is 0 Å². The number of nitrogens with zero attached hydrogens (tertiary/aromatic N) is 4. The Morgan fingerprint density at radius 3 is 2.73 bits per heavy atom. The van der Waals surface area contributed by atoms with Crippen LogP contribution in [0.5, 0.6) is 0 Å². The van der Waals surface area contributed by atoms with E-state index in [1.165, 1.54) is 17.8 Å². The molecular formula is C20H18F3N5OS. The zero-order chi connectivity index (χ0) is 21.3. The number of anilines is 1. The number of pyridine rings is 1. The lowest BCUT2D eigenvalue weighted by atomic mass is 10.1. The van der Waals surface area contributed by atoms with Gasteiger partial charge in [0.25, 0.3) is 5.91 Å². The topological polar surface area (TPSA) is 72.7 Å². The van der Waals surface area contributed by atoms with Gasteiger partial charge in [0, 0.05) is 18.5 Å². The Labute approximate surface area is 174 Å². The van der Waals surface area contributed by atoms with Gasteiger partial charge in [0.05, 0.1) is 0 Å². The van der Waals surface area contributed by atoms with E-state index in [4.69, 9.17) is 0 Å². The molecule has 0 spiro atoms. The first-order chi connectivity index (χ1) is 14.3. The summed E-state index contributed by atoms with van der Waals surface area (Å²) in [5.41, 5.74) is 0.660. The van der Waals surface area contributed by atoms with Crippen molar-refractivity contribution in [2.24, 2.45) is 7.05 Å². The van der Waals surface area contributed by atoms with Crippen LogP contribution in [0.2, 0.25) is 0 Å². The molecule has 1 aliphatic carbocycles. The lowest BCUT2D eigenvalue weighted by Crippen LogP contribution is -2.18. The van der Waals surface area contributed by atoms with Crippen LogP contribution in [0, 0.1) is 0 Å². The van der Waals surface area contributed by atoms with Crippen molar-refractivity contribution < 1.29 is 18.0 Å². The van der Waals surface area contributed by atoms with Gasteiger partial charge in [-0.25, -0.2) is 4.98 Å². The summed E-state index contributed by atoms with van der Waals surface area (Å²) in [6.45, 7) is 0. The number of hydrogen-bond acceptors (Lipinski definition) is 5. The fourth-order valence-corrected chi connectivity index (χ4v) is 3.78. The summed E-state index contributed by atoms with van der Waals surface area (Å²) in [6, 6.07) is 9.62. The number of carbonyl (C=O) groups excluding carboxylic acids is 1. The number of aromatic nitrogens is 4. The number of hydrogen-bond donors (Lipinski definition) is 1. The van der Waals surface area contributed by atoms with Crippen LogP contribution < -0.4 is 5.32 Å². The monoisotopic (exact) mass is 433 g/mol. The van der Waals surface area contributed by atoms with Crippen molar-refractivity contribution in [3.05, 3.63) is 65.2 Å². The molecule has 1 fully saturated rings. The molecule has 0 aliphatic heterocycles. The average Bonchev–Trinajstić information content (AvgIpc) is 3.48. The van der Waals surface area contributed by atoms with Gasteiger partial charge in [0.15, 0.2) is 5.16 Å². The molecule has 6 nitrogen and oxygen atoms in total. The van der Waals surface area contributed by atoms with Gasteiger partial charge in [-0.15, -0.1) is 10.2 Å². The Balaban J connectivity index is 1.50. The normalized spacial score (nSPS) is 14.0. The van der Waals surface area contributed by atoms with E-state index in [-0.39, 0.29) is 11.6 Å². The number of thioether (sulfide) groups is 1. The molecule has 30 heavy (non-hydrogen) atoms. The van der Waals surface area contributed by atoms with Gasteiger partial charge in [-0.1, -0.05) is 23.9 Å². The molecule has 0 bridgehead atoms. The zero-order valence-corrected chi connectivity index (χ0v) is 16.8. The highest BCUT2D eigenvalue weighted by Crippen LogP contribution is 2.42. The summed E-state index contributed by atoms with van der Waals surface area (Å²) in [5.74, 6) is 0.00637. The standard InChI is InChI=1S/C20H18F3N5OS/c1-28-11-24-27-19(28)30-10-12-3-2-4-15(7-12)25-18(29)16-8-14(13-5-6-13)9-17(26-16)20(21,22)23/h2-4,7-9,11,13H,5-6,10H2,1H3,(H,25,29). The van der Waals surface area contributed by atoms with Crippen LogP contribution in [-0.2, 0) is 19.0 Å². The predicted octanol–water partition coefficient (Wildman–Crippen LogP) is 4.65. The van der Waals surface area contributed by atoms with E-state index < -0.39 is 17.8 Å². The average molecular weight is 433 g/mol. The van der Waals surface area contributed by atoms with Crippen molar-refractivity contribution in [2.45, 2.75) is 35.8 Å². The number of carbonyl (C=O) groups is 1. The second kappa shape index (κ2) is 8.10. The first kappa shape index (κ1) is 20.4. The maximum absolute atomic E-state index is 13.2. The molecule has 0 unspecified atom stereocenters. The minimum absolute atomic E-state index is 0.0709. The highest BCUT2D eigenvalue weighted by molar-refractivity contribution is 7.98. The summed E-state index contributed by atoms with van der Waals surface area (Å²) < 4.78 is 41.4. The van der Waals surface area contributed by atoms with Gasteiger partial charge in [-0.05, 0) is 54.2 Å². The number of alkyl halides is 3. The third-order valence-corrected chi connectivity index (χ3v) is 5.75. The van der Waals surface area contributed by atoms with E-state index in [9.17, 15) is 18.0 Å². The third kappa shape index (κ3) is 4.81. The van der Waals surface area contributed by atoms with Crippen LogP contribution in [0.1, 0.15) is 46.1 Å². The van der Waals surface area contributed by atoms with Crippen molar-refractivity contribution in [1.29, 1.82) is 0 Å². The fourth-order valence-electron chi connectivity index (χ4n) is 2.95. The summed E-state index contributed by atoms with van der Waals surface area (Å²) >= 11 is 1.49. The molecule has 1 aliphatic rings. The molecule has 1 saturated carbocycles. The van der Waals surface area contributed by atoms with Gasteiger partial charge < -0.3 is 9.88 Å². The Morgan fingerprint density at radius 2 is 2.07 bits per heavy atom. The maximum atomic E-state index is 13.2. The first-order valence-corrected chi connectivity index (χ1v) is 10.2. The largest absolute Gasteiger partial charge is 0.433 e. The molecule has 0 radical (unpaired) electrons. The number of benzene rings is 1. The lowest BCUT2D eigenvalue weighted by Gasteiger charge is -2.12. The quantitative estimate of drug-likeness (QED) is 0.573. The highest BCUT2D eigenvalue weighted by Gasteiger charge is 2.35. The Kier molecular flexibility index (Phi) is 5.50. The minimum atomic E-state index is -4.60. The number of amides is 1. The van der Waals surface area contributed by atoms with Crippen LogP contribution in [-0.4, -0.2) is 25.7 Å². The molecule has 2 heterocycles. The molecule has 1 amide bonds. The summed E-state index contributed by atoms with van der Waals surface area (Å²) in [7, 11) is 1.84. The third-order valence-electron chi connectivity index (χ3n) is 4.64. The summed E-state index contributed by atoms with van der Waals surface area (Å²) in [5, 5.41) is 11.2.